The van der Waals surface area contributed by atoms with Gasteiger partial charge in [-0.05, 0) is 54.8 Å². The summed E-state index contributed by atoms with van der Waals surface area (Å²) in [6.45, 7) is 3.28. The number of halogens is 5. The molecule has 2 aromatic carbocycles. The van der Waals surface area contributed by atoms with Crippen LogP contribution in [0.15, 0.2) is 36.4 Å². The van der Waals surface area contributed by atoms with Gasteiger partial charge in [0.05, 0.1) is 17.0 Å². The van der Waals surface area contributed by atoms with Crippen molar-refractivity contribution in [3.8, 4) is 6.07 Å². The Balaban J connectivity index is 1.86. The summed E-state index contributed by atoms with van der Waals surface area (Å²) in [5.74, 6) is -0.341. The monoisotopic (exact) mass is 439 g/mol. The average Bonchev–Trinajstić information content (AvgIpc) is 3.15. The maximum absolute atomic E-state index is 13.8. The maximum atomic E-state index is 13.8. The minimum atomic E-state index is -4.18. The zero-order chi connectivity index (χ0) is 21.9. The van der Waals surface area contributed by atoms with Crippen LogP contribution in [0.25, 0.3) is 0 Å². The molecule has 0 unspecified atom stereocenters. The number of nitriles is 1. The molecule has 0 amide bonds. The Morgan fingerprint density at radius 3 is 2.67 bits per heavy atom. The molecule has 0 radical (unpaired) electrons. The fourth-order valence-electron chi connectivity index (χ4n) is 3.75. The summed E-state index contributed by atoms with van der Waals surface area (Å²) in [5, 5.41) is 9.44. The van der Waals surface area contributed by atoms with Gasteiger partial charge in [-0.25, -0.2) is 4.39 Å². The summed E-state index contributed by atoms with van der Waals surface area (Å²) >= 11 is 6.22. The van der Waals surface area contributed by atoms with Gasteiger partial charge in [0.1, 0.15) is 11.9 Å². The van der Waals surface area contributed by atoms with Crippen LogP contribution in [0.5, 0.6) is 0 Å². The third kappa shape index (κ3) is 5.65. The number of alkyl halides is 3. The van der Waals surface area contributed by atoms with Crippen LogP contribution in [0, 0.1) is 24.1 Å². The van der Waals surface area contributed by atoms with E-state index in [-0.39, 0.29) is 18.4 Å². The highest BCUT2D eigenvalue weighted by molar-refractivity contribution is 6.32. The number of rotatable bonds is 6. The number of nitrogens with zero attached hydrogens (tertiary/aromatic N) is 3. The van der Waals surface area contributed by atoms with Crippen molar-refractivity contribution in [2.45, 2.75) is 38.5 Å². The van der Waals surface area contributed by atoms with Crippen molar-refractivity contribution in [1.29, 1.82) is 5.26 Å². The molecule has 8 heteroatoms. The molecule has 0 aliphatic carbocycles. The standard InChI is InChI=1S/C22H22ClF4N3/c1-15-2-4-18(24)10-17(15)13-30(19-5-3-16(12-28)21(23)11-19)20-6-8-29(14-20)9-7-22(25,26)27/h2-5,10-11,20H,6-9,13-14H2,1H3/t20-/m0/s1. The SMILES string of the molecule is Cc1ccc(F)cc1CN(c1ccc(C#N)c(Cl)c1)[C@H]1CCN(CCC(F)(F)F)C1. The summed E-state index contributed by atoms with van der Waals surface area (Å²) in [7, 11) is 0. The second-order valence-electron chi connectivity index (χ2n) is 7.58. The van der Waals surface area contributed by atoms with Crippen LogP contribution in [0.4, 0.5) is 23.2 Å². The van der Waals surface area contributed by atoms with Gasteiger partial charge in [0, 0.05) is 37.9 Å². The van der Waals surface area contributed by atoms with Gasteiger partial charge in [-0.3, -0.25) is 0 Å². The molecule has 3 rings (SSSR count). The van der Waals surface area contributed by atoms with Crippen molar-refractivity contribution in [2.24, 2.45) is 0 Å². The molecule has 0 spiro atoms. The summed E-state index contributed by atoms with van der Waals surface area (Å²) < 4.78 is 51.6. The third-order valence-electron chi connectivity index (χ3n) is 5.46. The number of hydrogen-bond donors (Lipinski definition) is 0. The number of likely N-dealkylation sites (tertiary alicyclic amines) is 1. The predicted octanol–water partition coefficient (Wildman–Crippen LogP) is 5.69. The molecule has 1 aliphatic heterocycles. The van der Waals surface area contributed by atoms with Crippen LogP contribution in [0.3, 0.4) is 0 Å². The van der Waals surface area contributed by atoms with Gasteiger partial charge >= 0.3 is 6.18 Å². The molecule has 0 aromatic heterocycles. The summed E-state index contributed by atoms with van der Waals surface area (Å²) in [4.78, 5) is 3.84. The zero-order valence-electron chi connectivity index (χ0n) is 16.5. The van der Waals surface area contributed by atoms with Crippen LogP contribution in [0.1, 0.15) is 29.5 Å². The van der Waals surface area contributed by atoms with Crippen molar-refractivity contribution >= 4 is 17.3 Å². The van der Waals surface area contributed by atoms with Gasteiger partial charge < -0.3 is 9.80 Å². The first-order valence-electron chi connectivity index (χ1n) is 9.66. The van der Waals surface area contributed by atoms with E-state index in [4.69, 9.17) is 16.9 Å². The summed E-state index contributed by atoms with van der Waals surface area (Å²) in [5.41, 5.74) is 2.82. The Morgan fingerprint density at radius 1 is 1.23 bits per heavy atom. The normalized spacial score (nSPS) is 17.2. The number of hydrogen-bond acceptors (Lipinski definition) is 3. The van der Waals surface area contributed by atoms with Gasteiger partial charge in [0.25, 0.3) is 0 Å². The molecule has 2 aromatic rings. The highest BCUT2D eigenvalue weighted by Crippen LogP contribution is 2.30. The van der Waals surface area contributed by atoms with E-state index in [9.17, 15) is 17.6 Å². The van der Waals surface area contributed by atoms with E-state index in [0.29, 0.717) is 36.6 Å². The topological polar surface area (TPSA) is 30.3 Å². The highest BCUT2D eigenvalue weighted by atomic mass is 35.5. The molecule has 3 nitrogen and oxygen atoms in total. The molecule has 30 heavy (non-hydrogen) atoms. The summed E-state index contributed by atoms with van der Waals surface area (Å²) in [6, 6.07) is 11.6. The van der Waals surface area contributed by atoms with Crippen LogP contribution in [-0.2, 0) is 6.54 Å². The van der Waals surface area contributed by atoms with Crippen molar-refractivity contribution in [1.82, 2.24) is 4.90 Å². The quantitative estimate of drug-likeness (QED) is 0.541. The van der Waals surface area contributed by atoms with Crippen LogP contribution in [0.2, 0.25) is 5.02 Å². The lowest BCUT2D eigenvalue weighted by Gasteiger charge is -2.32. The van der Waals surface area contributed by atoms with Gasteiger partial charge in [0.15, 0.2) is 0 Å². The minimum absolute atomic E-state index is 0.0407. The lowest BCUT2D eigenvalue weighted by molar-refractivity contribution is -0.137. The number of anilines is 1. The molecule has 1 aliphatic rings. The number of aryl methyl sites for hydroxylation is 1. The number of benzene rings is 2. The highest BCUT2D eigenvalue weighted by Gasteiger charge is 2.32. The smallest absolute Gasteiger partial charge is 0.363 e. The van der Waals surface area contributed by atoms with Crippen molar-refractivity contribution in [3.05, 3.63) is 63.9 Å². The van der Waals surface area contributed by atoms with Crippen LogP contribution >= 0.6 is 11.6 Å². The largest absolute Gasteiger partial charge is 0.390 e. The Hall–Kier alpha value is -2.30. The van der Waals surface area contributed by atoms with E-state index in [1.807, 2.05) is 17.9 Å². The minimum Gasteiger partial charge on any atom is -0.363 e. The molecule has 0 bridgehead atoms. The van der Waals surface area contributed by atoms with Crippen molar-refractivity contribution < 1.29 is 17.6 Å². The second kappa shape index (κ2) is 9.23. The molecular weight excluding hydrogens is 418 g/mol. The molecule has 1 atom stereocenters. The first kappa shape index (κ1) is 22.4. The Labute approximate surface area is 178 Å². The zero-order valence-corrected chi connectivity index (χ0v) is 17.3. The van der Waals surface area contributed by atoms with E-state index in [2.05, 4.69) is 0 Å². The van der Waals surface area contributed by atoms with Crippen LogP contribution < -0.4 is 4.90 Å². The molecule has 1 heterocycles. The van der Waals surface area contributed by atoms with E-state index in [1.165, 1.54) is 12.1 Å². The average molecular weight is 440 g/mol. The molecule has 0 saturated carbocycles. The Kier molecular flexibility index (Phi) is 6.89. The van der Waals surface area contributed by atoms with Gasteiger partial charge in [-0.1, -0.05) is 17.7 Å². The first-order chi connectivity index (χ1) is 14.2. The molecular formula is C22H22ClF4N3. The maximum Gasteiger partial charge on any atom is 0.390 e. The second-order valence-corrected chi connectivity index (χ2v) is 7.99. The molecule has 160 valence electrons. The van der Waals surface area contributed by atoms with Crippen molar-refractivity contribution in [3.63, 3.8) is 0 Å². The van der Waals surface area contributed by atoms with Crippen LogP contribution in [-0.4, -0.2) is 36.8 Å². The van der Waals surface area contributed by atoms with E-state index in [1.54, 1.807) is 29.2 Å². The fourth-order valence-corrected chi connectivity index (χ4v) is 3.97. The van der Waals surface area contributed by atoms with Gasteiger partial charge in [-0.15, -0.1) is 0 Å². The first-order valence-corrected chi connectivity index (χ1v) is 10.0. The van der Waals surface area contributed by atoms with E-state index >= 15 is 0 Å². The lowest BCUT2D eigenvalue weighted by atomic mass is 10.1. The summed E-state index contributed by atoms with van der Waals surface area (Å²) in [6.07, 6.45) is -4.34. The Bertz CT molecular complexity index is 939. The van der Waals surface area contributed by atoms with Crippen molar-refractivity contribution in [2.75, 3.05) is 24.5 Å². The molecule has 0 N–H and O–H groups in total. The molecule has 1 saturated heterocycles. The molecule has 1 fully saturated rings. The predicted molar refractivity (Wildman–Crippen MR) is 109 cm³/mol. The van der Waals surface area contributed by atoms with E-state index in [0.717, 1.165) is 16.8 Å². The Morgan fingerprint density at radius 2 is 2.00 bits per heavy atom. The van der Waals surface area contributed by atoms with E-state index < -0.39 is 12.6 Å². The van der Waals surface area contributed by atoms with Gasteiger partial charge in [0.2, 0.25) is 0 Å². The fraction of sp³-hybridized carbons (Fsp3) is 0.409. The lowest BCUT2D eigenvalue weighted by Crippen LogP contribution is -2.38. The van der Waals surface area contributed by atoms with Gasteiger partial charge in [-0.2, -0.15) is 18.4 Å². The third-order valence-corrected chi connectivity index (χ3v) is 5.77.